The average Bonchev–Trinajstić information content (AvgIpc) is 2.77. The fraction of sp³-hybridized carbons (Fsp3) is 0.214. The summed E-state index contributed by atoms with van der Waals surface area (Å²) in [5, 5.41) is 5.58. The van der Waals surface area contributed by atoms with E-state index in [0.29, 0.717) is 6.61 Å². The van der Waals surface area contributed by atoms with Crippen molar-refractivity contribution < 1.29 is 14.6 Å². The molecule has 106 valence electrons. The maximum absolute atomic E-state index is 11.9. The summed E-state index contributed by atoms with van der Waals surface area (Å²) >= 11 is 1.56. The van der Waals surface area contributed by atoms with E-state index in [1.54, 1.807) is 11.3 Å². The van der Waals surface area contributed by atoms with Gasteiger partial charge in [-0.25, -0.2) is 14.6 Å². The number of para-hydroxylation sites is 1. The summed E-state index contributed by atoms with van der Waals surface area (Å²) < 4.78 is 0. The van der Waals surface area contributed by atoms with E-state index in [0.717, 1.165) is 21.1 Å². The van der Waals surface area contributed by atoms with Crippen LogP contribution in [0.1, 0.15) is 9.75 Å². The van der Waals surface area contributed by atoms with Crippen molar-refractivity contribution in [3.05, 3.63) is 46.2 Å². The number of nitrogens with one attached hydrogen (secondary N) is 2. The molecule has 0 bridgehead atoms. The lowest BCUT2D eigenvalue weighted by molar-refractivity contribution is -0.281. The minimum atomic E-state index is -0.285. The first-order valence-electron chi connectivity index (χ1n) is 6.07. The van der Waals surface area contributed by atoms with Crippen LogP contribution in [0, 0.1) is 6.92 Å². The molecule has 0 spiro atoms. The van der Waals surface area contributed by atoms with Crippen LogP contribution in [0.25, 0.3) is 0 Å². The molecule has 0 saturated heterocycles. The third-order valence-electron chi connectivity index (χ3n) is 2.52. The van der Waals surface area contributed by atoms with Gasteiger partial charge >= 0.3 is 6.03 Å². The standard InChI is InChI=1S/C14H16N2O3S/c1-10-8-12(13(20-10)9-19-18-2)16-14(17)15-11-6-4-3-5-7-11/h3-8H,9H2,1-2H3,(H2,15,16,17). The topological polar surface area (TPSA) is 59.6 Å². The fourth-order valence-electron chi connectivity index (χ4n) is 1.69. The lowest BCUT2D eigenvalue weighted by atomic mass is 10.3. The van der Waals surface area contributed by atoms with Gasteiger partial charge in [0.05, 0.1) is 17.7 Å². The number of benzene rings is 1. The van der Waals surface area contributed by atoms with E-state index in [9.17, 15) is 4.79 Å². The number of urea groups is 1. The molecule has 0 radical (unpaired) electrons. The summed E-state index contributed by atoms with van der Waals surface area (Å²) in [6.07, 6.45) is 0. The number of thiophene rings is 1. The molecule has 2 aromatic rings. The van der Waals surface area contributed by atoms with E-state index in [2.05, 4.69) is 15.5 Å². The molecule has 2 amide bonds. The number of hydrogen-bond donors (Lipinski definition) is 2. The summed E-state index contributed by atoms with van der Waals surface area (Å²) in [7, 11) is 1.45. The highest BCUT2D eigenvalue weighted by molar-refractivity contribution is 7.12. The normalized spacial score (nSPS) is 10.3. The number of rotatable bonds is 5. The Morgan fingerprint density at radius 3 is 2.70 bits per heavy atom. The number of hydrogen-bond acceptors (Lipinski definition) is 4. The first kappa shape index (κ1) is 14.5. The Hall–Kier alpha value is -1.89. The van der Waals surface area contributed by atoms with E-state index in [4.69, 9.17) is 4.89 Å². The molecule has 5 nitrogen and oxygen atoms in total. The first-order chi connectivity index (χ1) is 9.69. The second kappa shape index (κ2) is 7.04. The van der Waals surface area contributed by atoms with Gasteiger partial charge in [-0.05, 0) is 25.1 Å². The van der Waals surface area contributed by atoms with E-state index in [-0.39, 0.29) is 6.03 Å². The van der Waals surface area contributed by atoms with Crippen molar-refractivity contribution in [3.8, 4) is 0 Å². The molecular formula is C14H16N2O3S. The average molecular weight is 292 g/mol. The molecule has 1 aromatic carbocycles. The highest BCUT2D eigenvalue weighted by atomic mass is 32.1. The zero-order chi connectivity index (χ0) is 14.4. The second-order valence-electron chi connectivity index (χ2n) is 4.07. The molecule has 2 N–H and O–H groups in total. The molecule has 0 saturated carbocycles. The quantitative estimate of drug-likeness (QED) is 0.651. The van der Waals surface area contributed by atoms with Gasteiger partial charge in [0.25, 0.3) is 0 Å². The maximum atomic E-state index is 11.9. The number of amides is 2. The van der Waals surface area contributed by atoms with Gasteiger partial charge in [0.15, 0.2) is 0 Å². The summed E-state index contributed by atoms with van der Waals surface area (Å²) in [4.78, 5) is 23.4. The molecule has 1 aromatic heterocycles. The van der Waals surface area contributed by atoms with Gasteiger partial charge in [-0.15, -0.1) is 11.3 Å². The summed E-state index contributed by atoms with van der Waals surface area (Å²) in [6, 6.07) is 10.9. The van der Waals surface area contributed by atoms with Crippen molar-refractivity contribution in [2.24, 2.45) is 0 Å². The molecule has 0 fully saturated rings. The third-order valence-corrected chi connectivity index (χ3v) is 3.54. The fourth-order valence-corrected chi connectivity index (χ4v) is 2.59. The molecule has 0 aliphatic heterocycles. The number of anilines is 2. The van der Waals surface area contributed by atoms with Gasteiger partial charge in [0.1, 0.15) is 6.61 Å². The van der Waals surface area contributed by atoms with Crippen molar-refractivity contribution >= 4 is 28.7 Å². The zero-order valence-electron chi connectivity index (χ0n) is 11.3. The molecule has 0 aliphatic carbocycles. The Bertz CT molecular complexity index is 569. The summed E-state index contributed by atoms with van der Waals surface area (Å²) in [5.41, 5.74) is 1.48. The SMILES string of the molecule is COOCc1sc(C)cc1NC(=O)Nc1ccccc1. The number of aryl methyl sites for hydroxylation is 1. The Kier molecular flexibility index (Phi) is 5.11. The number of carbonyl (C=O) groups is 1. The van der Waals surface area contributed by atoms with E-state index < -0.39 is 0 Å². The van der Waals surface area contributed by atoms with Crippen molar-refractivity contribution in [1.82, 2.24) is 0 Å². The van der Waals surface area contributed by atoms with Crippen LogP contribution in [0.15, 0.2) is 36.4 Å². The molecular weight excluding hydrogens is 276 g/mol. The van der Waals surface area contributed by atoms with Gasteiger partial charge < -0.3 is 10.6 Å². The summed E-state index contributed by atoms with van der Waals surface area (Å²) in [5.74, 6) is 0. The van der Waals surface area contributed by atoms with E-state index in [1.165, 1.54) is 7.11 Å². The largest absolute Gasteiger partial charge is 0.323 e. The zero-order valence-corrected chi connectivity index (χ0v) is 12.1. The van der Waals surface area contributed by atoms with Crippen LogP contribution in [0.5, 0.6) is 0 Å². The predicted octanol–water partition coefficient (Wildman–Crippen LogP) is 3.78. The van der Waals surface area contributed by atoms with Crippen molar-refractivity contribution in [3.63, 3.8) is 0 Å². The first-order valence-corrected chi connectivity index (χ1v) is 6.88. The van der Waals surface area contributed by atoms with Gasteiger partial charge in [-0.1, -0.05) is 18.2 Å². The van der Waals surface area contributed by atoms with E-state index >= 15 is 0 Å². The molecule has 2 rings (SSSR count). The monoisotopic (exact) mass is 292 g/mol. The minimum absolute atomic E-state index is 0.285. The molecule has 0 unspecified atom stereocenters. The Labute approximate surface area is 121 Å². The second-order valence-corrected chi connectivity index (χ2v) is 5.41. The molecule has 0 aliphatic rings. The predicted molar refractivity (Wildman–Crippen MR) is 79.9 cm³/mol. The van der Waals surface area contributed by atoms with Crippen LogP contribution >= 0.6 is 11.3 Å². The highest BCUT2D eigenvalue weighted by Gasteiger charge is 2.11. The van der Waals surface area contributed by atoms with Crippen LogP contribution in [-0.4, -0.2) is 13.1 Å². The summed E-state index contributed by atoms with van der Waals surface area (Å²) in [6.45, 7) is 2.28. The molecule has 6 heteroatoms. The lowest BCUT2D eigenvalue weighted by Crippen LogP contribution is -2.19. The Morgan fingerprint density at radius 2 is 2.00 bits per heavy atom. The van der Waals surface area contributed by atoms with E-state index in [1.807, 2.05) is 43.3 Å². The van der Waals surface area contributed by atoms with Crippen molar-refractivity contribution in [2.75, 3.05) is 17.7 Å². The highest BCUT2D eigenvalue weighted by Crippen LogP contribution is 2.27. The van der Waals surface area contributed by atoms with Crippen LogP contribution in [0.3, 0.4) is 0 Å². The lowest BCUT2D eigenvalue weighted by Gasteiger charge is -2.08. The molecule has 20 heavy (non-hydrogen) atoms. The maximum Gasteiger partial charge on any atom is 0.323 e. The van der Waals surface area contributed by atoms with Gasteiger partial charge in [0.2, 0.25) is 0 Å². The van der Waals surface area contributed by atoms with Gasteiger partial charge in [-0.3, -0.25) is 0 Å². The van der Waals surface area contributed by atoms with Crippen LogP contribution in [0.4, 0.5) is 16.2 Å². The van der Waals surface area contributed by atoms with Gasteiger partial charge in [0, 0.05) is 10.6 Å². The third kappa shape index (κ3) is 4.06. The Morgan fingerprint density at radius 1 is 1.25 bits per heavy atom. The van der Waals surface area contributed by atoms with Crippen molar-refractivity contribution in [1.29, 1.82) is 0 Å². The van der Waals surface area contributed by atoms with Crippen LogP contribution in [-0.2, 0) is 16.4 Å². The van der Waals surface area contributed by atoms with Crippen molar-refractivity contribution in [2.45, 2.75) is 13.5 Å². The van der Waals surface area contributed by atoms with Crippen LogP contribution in [0.2, 0.25) is 0 Å². The van der Waals surface area contributed by atoms with Crippen LogP contribution < -0.4 is 10.6 Å². The Balaban J connectivity index is 2.00. The smallest absolute Gasteiger partial charge is 0.308 e. The number of carbonyl (C=O) groups excluding carboxylic acids is 1. The molecule has 1 heterocycles. The minimum Gasteiger partial charge on any atom is -0.308 e. The van der Waals surface area contributed by atoms with Gasteiger partial charge in [-0.2, -0.15) is 0 Å². The molecule has 0 atom stereocenters.